The van der Waals surface area contributed by atoms with Crippen molar-refractivity contribution in [2.45, 2.75) is 12.8 Å². The zero-order valence-corrected chi connectivity index (χ0v) is 5.95. The zero-order valence-electron chi connectivity index (χ0n) is 5.95. The standard InChI is InChI=1S/C6H10O5/c7-2-1-5(9)3-6(10)11-4-8/h7-8H,1-4H2. The number of rotatable bonds is 5. The van der Waals surface area contributed by atoms with E-state index in [-0.39, 0.29) is 19.4 Å². The van der Waals surface area contributed by atoms with Crippen LogP contribution < -0.4 is 0 Å². The van der Waals surface area contributed by atoms with E-state index < -0.39 is 18.5 Å². The highest BCUT2D eigenvalue weighted by molar-refractivity contribution is 5.95. The number of aliphatic hydroxyl groups excluding tert-OH is 2. The van der Waals surface area contributed by atoms with E-state index in [0.717, 1.165) is 0 Å². The van der Waals surface area contributed by atoms with E-state index in [0.29, 0.717) is 0 Å². The number of carbonyl (C=O) groups excluding carboxylic acids is 2. The predicted molar refractivity (Wildman–Crippen MR) is 34.5 cm³/mol. The molecule has 0 unspecified atom stereocenters. The number of esters is 1. The largest absolute Gasteiger partial charge is 0.438 e. The molecule has 0 aliphatic heterocycles. The molecule has 0 atom stereocenters. The van der Waals surface area contributed by atoms with Crippen LogP contribution in [0.5, 0.6) is 0 Å². The van der Waals surface area contributed by atoms with E-state index in [2.05, 4.69) is 4.74 Å². The molecule has 5 heteroatoms. The van der Waals surface area contributed by atoms with Gasteiger partial charge in [-0.25, -0.2) is 0 Å². The minimum atomic E-state index is -0.772. The van der Waals surface area contributed by atoms with Crippen molar-refractivity contribution in [3.05, 3.63) is 0 Å². The number of Topliss-reactive ketones (excluding diaryl/α,β-unsaturated/α-hetero) is 1. The minimum absolute atomic E-state index is 0.0550. The molecule has 0 aromatic heterocycles. The van der Waals surface area contributed by atoms with Crippen LogP contribution in [0, 0.1) is 0 Å². The van der Waals surface area contributed by atoms with E-state index >= 15 is 0 Å². The first kappa shape index (κ1) is 10.1. The van der Waals surface area contributed by atoms with Crippen molar-refractivity contribution >= 4 is 11.8 Å². The van der Waals surface area contributed by atoms with E-state index in [1.54, 1.807) is 0 Å². The molecule has 2 N–H and O–H groups in total. The topological polar surface area (TPSA) is 83.8 Å². The van der Waals surface area contributed by atoms with E-state index in [9.17, 15) is 9.59 Å². The fourth-order valence-electron chi connectivity index (χ4n) is 0.497. The van der Waals surface area contributed by atoms with Crippen molar-refractivity contribution in [3.8, 4) is 0 Å². The maximum Gasteiger partial charge on any atom is 0.315 e. The lowest BCUT2D eigenvalue weighted by molar-refractivity contribution is -0.153. The lowest BCUT2D eigenvalue weighted by atomic mass is 10.2. The average molecular weight is 162 g/mol. The summed E-state index contributed by atoms with van der Waals surface area (Å²) in [5.41, 5.74) is 0. The summed E-state index contributed by atoms with van der Waals surface area (Å²) in [6.45, 7) is -0.990. The molecule has 0 aliphatic carbocycles. The van der Waals surface area contributed by atoms with Gasteiger partial charge in [0.1, 0.15) is 12.2 Å². The molecular weight excluding hydrogens is 152 g/mol. The predicted octanol–water partition coefficient (Wildman–Crippen LogP) is -1.18. The molecule has 0 bridgehead atoms. The van der Waals surface area contributed by atoms with Gasteiger partial charge in [-0.2, -0.15) is 0 Å². The molecule has 11 heavy (non-hydrogen) atoms. The Kier molecular flexibility index (Phi) is 5.32. The Morgan fingerprint density at radius 2 is 1.91 bits per heavy atom. The van der Waals surface area contributed by atoms with Crippen molar-refractivity contribution in [3.63, 3.8) is 0 Å². The second kappa shape index (κ2) is 5.82. The first-order valence-electron chi connectivity index (χ1n) is 3.09. The molecule has 0 aromatic rings. The van der Waals surface area contributed by atoms with E-state index in [4.69, 9.17) is 10.2 Å². The molecular formula is C6H10O5. The highest BCUT2D eigenvalue weighted by Crippen LogP contribution is 1.91. The van der Waals surface area contributed by atoms with Gasteiger partial charge in [-0.15, -0.1) is 0 Å². The Bertz CT molecular complexity index is 126. The summed E-state index contributed by atoms with van der Waals surface area (Å²) in [6, 6.07) is 0. The van der Waals surface area contributed by atoms with Crippen LogP contribution in [0.4, 0.5) is 0 Å². The SMILES string of the molecule is O=C(CCO)CC(=O)OCO. The van der Waals surface area contributed by atoms with Gasteiger partial charge in [0, 0.05) is 13.0 Å². The number of ether oxygens (including phenoxy) is 1. The Morgan fingerprint density at radius 1 is 1.27 bits per heavy atom. The molecule has 0 aromatic carbocycles. The van der Waals surface area contributed by atoms with E-state index in [1.165, 1.54) is 0 Å². The molecule has 0 saturated carbocycles. The normalized spacial score (nSPS) is 9.27. The van der Waals surface area contributed by atoms with Crippen molar-refractivity contribution in [2.24, 2.45) is 0 Å². The van der Waals surface area contributed by atoms with Gasteiger partial charge in [0.15, 0.2) is 6.79 Å². The monoisotopic (exact) mass is 162 g/mol. The summed E-state index contributed by atoms with van der Waals surface area (Å²) in [5, 5.41) is 16.3. The summed E-state index contributed by atoms with van der Waals surface area (Å²) in [7, 11) is 0. The van der Waals surface area contributed by atoms with Crippen LogP contribution in [0.15, 0.2) is 0 Å². The first-order valence-corrected chi connectivity index (χ1v) is 3.09. The number of aliphatic hydroxyl groups is 2. The average Bonchev–Trinajstić information content (AvgIpc) is 1.87. The van der Waals surface area contributed by atoms with Crippen molar-refractivity contribution in [1.82, 2.24) is 0 Å². The van der Waals surface area contributed by atoms with Gasteiger partial charge in [-0.1, -0.05) is 0 Å². The van der Waals surface area contributed by atoms with Gasteiger partial charge in [-0.3, -0.25) is 9.59 Å². The zero-order chi connectivity index (χ0) is 8.69. The van der Waals surface area contributed by atoms with Crippen LogP contribution in [0.2, 0.25) is 0 Å². The Balaban J connectivity index is 3.49. The number of hydrogen-bond donors (Lipinski definition) is 2. The lowest BCUT2D eigenvalue weighted by Gasteiger charge is -1.98. The van der Waals surface area contributed by atoms with E-state index in [1.807, 2.05) is 0 Å². The molecule has 0 heterocycles. The summed E-state index contributed by atoms with van der Waals surface area (Å²) in [5.74, 6) is -1.17. The van der Waals surface area contributed by atoms with Crippen LogP contribution in [0.25, 0.3) is 0 Å². The molecule has 0 aliphatic rings. The van der Waals surface area contributed by atoms with Gasteiger partial charge in [0.2, 0.25) is 0 Å². The summed E-state index contributed by atoms with van der Waals surface area (Å²) >= 11 is 0. The number of carbonyl (C=O) groups is 2. The Hall–Kier alpha value is -0.940. The van der Waals surface area contributed by atoms with Crippen LogP contribution in [0.3, 0.4) is 0 Å². The molecule has 5 nitrogen and oxygen atoms in total. The molecule has 0 rings (SSSR count). The molecule has 0 saturated heterocycles. The van der Waals surface area contributed by atoms with Crippen LogP contribution in [0.1, 0.15) is 12.8 Å². The minimum Gasteiger partial charge on any atom is -0.438 e. The van der Waals surface area contributed by atoms with Gasteiger partial charge < -0.3 is 14.9 Å². The molecule has 0 spiro atoms. The first-order chi connectivity index (χ1) is 5.20. The summed E-state index contributed by atoms with van der Waals surface area (Å²) in [4.78, 5) is 21.0. The second-order valence-corrected chi connectivity index (χ2v) is 1.83. The quantitative estimate of drug-likeness (QED) is 0.302. The number of ketones is 1. The van der Waals surface area contributed by atoms with Crippen molar-refractivity contribution in [1.29, 1.82) is 0 Å². The van der Waals surface area contributed by atoms with Gasteiger partial charge in [0.25, 0.3) is 0 Å². The molecule has 0 amide bonds. The smallest absolute Gasteiger partial charge is 0.315 e. The fraction of sp³-hybridized carbons (Fsp3) is 0.667. The Labute approximate surface area is 63.6 Å². The third-order valence-corrected chi connectivity index (χ3v) is 0.958. The maximum atomic E-state index is 10.6. The highest BCUT2D eigenvalue weighted by Gasteiger charge is 2.08. The third kappa shape index (κ3) is 5.50. The second-order valence-electron chi connectivity index (χ2n) is 1.83. The molecule has 0 fully saturated rings. The fourth-order valence-corrected chi connectivity index (χ4v) is 0.497. The maximum absolute atomic E-state index is 10.6. The van der Waals surface area contributed by atoms with Crippen molar-refractivity contribution in [2.75, 3.05) is 13.4 Å². The summed E-state index contributed by atoms with van der Waals surface area (Å²) < 4.78 is 4.07. The highest BCUT2D eigenvalue weighted by atomic mass is 16.6. The van der Waals surface area contributed by atoms with Crippen molar-refractivity contribution < 1.29 is 24.5 Å². The lowest BCUT2D eigenvalue weighted by Crippen LogP contribution is -2.12. The Morgan fingerprint density at radius 3 is 2.36 bits per heavy atom. The van der Waals surface area contributed by atoms with Crippen LogP contribution in [-0.2, 0) is 14.3 Å². The van der Waals surface area contributed by atoms with Gasteiger partial charge in [-0.05, 0) is 0 Å². The number of hydrogen-bond acceptors (Lipinski definition) is 5. The van der Waals surface area contributed by atoms with Gasteiger partial charge >= 0.3 is 5.97 Å². The summed E-state index contributed by atoms with van der Waals surface area (Å²) in [6.07, 6.45) is -0.443. The third-order valence-electron chi connectivity index (χ3n) is 0.958. The van der Waals surface area contributed by atoms with Crippen LogP contribution in [-0.4, -0.2) is 35.4 Å². The van der Waals surface area contributed by atoms with Gasteiger partial charge in [0.05, 0.1) is 0 Å². The molecule has 0 radical (unpaired) electrons. The molecule has 64 valence electrons. The van der Waals surface area contributed by atoms with Crippen LogP contribution >= 0.6 is 0 Å².